The van der Waals surface area contributed by atoms with E-state index in [1.165, 1.54) is 12.7 Å². The molecule has 0 aliphatic carbocycles. The summed E-state index contributed by atoms with van der Waals surface area (Å²) in [5.41, 5.74) is 1.24. The van der Waals surface area contributed by atoms with Crippen LogP contribution in [0.4, 0.5) is 0 Å². The number of rotatable bonds is 10. The van der Waals surface area contributed by atoms with E-state index in [9.17, 15) is 4.79 Å². The van der Waals surface area contributed by atoms with Crippen molar-refractivity contribution in [3.8, 4) is 0 Å². The van der Waals surface area contributed by atoms with Gasteiger partial charge in [0.2, 0.25) is 0 Å². The molecule has 0 bridgehead atoms. The van der Waals surface area contributed by atoms with Crippen LogP contribution in [0.15, 0.2) is 21.8 Å². The number of nitrogens with zero attached hydrogens (tertiary/aromatic N) is 1. The van der Waals surface area contributed by atoms with Crippen LogP contribution in [0.2, 0.25) is 0 Å². The third kappa shape index (κ3) is 8.67. The van der Waals surface area contributed by atoms with Crippen LogP contribution < -0.4 is 10.6 Å². The largest absolute Gasteiger partial charge is 0.469 e. The van der Waals surface area contributed by atoms with Gasteiger partial charge in [-0.05, 0) is 42.2 Å². The van der Waals surface area contributed by atoms with Gasteiger partial charge in [0.05, 0.1) is 13.7 Å². The lowest BCUT2D eigenvalue weighted by molar-refractivity contribution is -0.140. The highest BCUT2D eigenvalue weighted by atomic mass is 32.1. The molecule has 22 heavy (non-hydrogen) atoms. The minimum absolute atomic E-state index is 0.117. The summed E-state index contributed by atoms with van der Waals surface area (Å²) in [6.07, 6.45) is 4.66. The van der Waals surface area contributed by atoms with Crippen molar-refractivity contribution in [1.29, 1.82) is 0 Å². The van der Waals surface area contributed by atoms with Crippen molar-refractivity contribution in [3.63, 3.8) is 0 Å². The van der Waals surface area contributed by atoms with Gasteiger partial charge in [0, 0.05) is 19.5 Å². The van der Waals surface area contributed by atoms with Crippen LogP contribution in [0.25, 0.3) is 0 Å². The third-order valence-corrected chi connectivity index (χ3v) is 3.90. The molecule has 0 aromatic carbocycles. The smallest absolute Gasteiger partial charge is 0.305 e. The highest BCUT2D eigenvalue weighted by Gasteiger charge is 2.00. The number of thiophene rings is 1. The average molecular weight is 325 g/mol. The topological polar surface area (TPSA) is 62.7 Å². The Labute approximate surface area is 137 Å². The van der Waals surface area contributed by atoms with Crippen molar-refractivity contribution >= 4 is 23.3 Å². The molecule has 1 heterocycles. The first-order chi connectivity index (χ1) is 10.8. The van der Waals surface area contributed by atoms with Crippen molar-refractivity contribution in [3.05, 3.63) is 22.4 Å². The van der Waals surface area contributed by atoms with Crippen molar-refractivity contribution in [1.82, 2.24) is 10.6 Å². The summed E-state index contributed by atoms with van der Waals surface area (Å²) in [7, 11) is 1.43. The Balaban J connectivity index is 2.13. The molecule has 0 amide bonds. The van der Waals surface area contributed by atoms with Crippen molar-refractivity contribution < 1.29 is 9.53 Å². The number of carbonyl (C=O) groups excluding carboxylic acids is 1. The fourth-order valence-corrected chi connectivity index (χ4v) is 2.61. The van der Waals surface area contributed by atoms with E-state index >= 15 is 0 Å². The zero-order valence-electron chi connectivity index (χ0n) is 13.6. The molecule has 0 aliphatic heterocycles. The van der Waals surface area contributed by atoms with Crippen LogP contribution >= 0.6 is 11.3 Å². The maximum absolute atomic E-state index is 11.0. The molecule has 0 unspecified atom stereocenters. The first-order valence-corrected chi connectivity index (χ1v) is 8.80. The number of aliphatic imine (C=N–C) groups is 1. The summed E-state index contributed by atoms with van der Waals surface area (Å²) in [5, 5.41) is 10.8. The van der Waals surface area contributed by atoms with Crippen LogP contribution in [0.5, 0.6) is 0 Å². The van der Waals surface area contributed by atoms with Gasteiger partial charge >= 0.3 is 5.97 Å². The Morgan fingerprint density at radius 1 is 1.27 bits per heavy atom. The van der Waals surface area contributed by atoms with Gasteiger partial charge in [-0.25, -0.2) is 4.99 Å². The van der Waals surface area contributed by atoms with Crippen molar-refractivity contribution in [2.45, 2.75) is 45.6 Å². The van der Waals surface area contributed by atoms with Crippen molar-refractivity contribution in [2.75, 3.05) is 20.2 Å². The molecule has 0 aliphatic rings. The lowest BCUT2D eigenvalue weighted by Crippen LogP contribution is -2.37. The summed E-state index contributed by atoms with van der Waals surface area (Å²) < 4.78 is 4.62. The zero-order chi connectivity index (χ0) is 16.0. The van der Waals surface area contributed by atoms with Gasteiger partial charge in [-0.2, -0.15) is 11.3 Å². The fourth-order valence-electron chi connectivity index (χ4n) is 1.95. The number of hydrogen-bond acceptors (Lipinski definition) is 4. The Bertz CT molecular complexity index is 433. The fraction of sp³-hybridized carbons (Fsp3) is 0.625. The molecule has 0 saturated heterocycles. The van der Waals surface area contributed by atoms with E-state index in [2.05, 4.69) is 44.1 Å². The van der Waals surface area contributed by atoms with E-state index in [-0.39, 0.29) is 5.97 Å². The van der Waals surface area contributed by atoms with Crippen molar-refractivity contribution in [2.24, 2.45) is 4.99 Å². The molecule has 0 radical (unpaired) electrons. The number of ether oxygens (including phenoxy) is 1. The third-order valence-electron chi connectivity index (χ3n) is 3.17. The number of hydrogen-bond donors (Lipinski definition) is 2. The van der Waals surface area contributed by atoms with Crippen LogP contribution in [-0.4, -0.2) is 32.1 Å². The first kappa shape index (κ1) is 18.5. The normalized spacial score (nSPS) is 11.3. The Morgan fingerprint density at radius 3 is 2.77 bits per heavy atom. The second-order valence-corrected chi connectivity index (χ2v) is 5.77. The highest BCUT2D eigenvalue weighted by molar-refractivity contribution is 7.07. The Hall–Kier alpha value is -1.56. The summed E-state index contributed by atoms with van der Waals surface area (Å²) in [6, 6.07) is 2.10. The molecule has 0 atom stereocenters. The quantitative estimate of drug-likeness (QED) is 0.300. The first-order valence-electron chi connectivity index (χ1n) is 7.86. The molecule has 0 saturated carbocycles. The minimum Gasteiger partial charge on any atom is -0.469 e. The zero-order valence-corrected chi connectivity index (χ0v) is 14.4. The number of carbonyl (C=O) groups is 1. The van der Waals surface area contributed by atoms with Gasteiger partial charge in [0.1, 0.15) is 0 Å². The summed E-state index contributed by atoms with van der Waals surface area (Å²) >= 11 is 1.69. The maximum Gasteiger partial charge on any atom is 0.305 e. The Morgan fingerprint density at radius 2 is 2.09 bits per heavy atom. The van der Waals surface area contributed by atoms with Gasteiger partial charge in [-0.1, -0.05) is 12.8 Å². The predicted octanol–water partition coefficient (Wildman–Crippen LogP) is 2.93. The molecule has 124 valence electrons. The molecule has 6 heteroatoms. The molecule has 0 fully saturated rings. The number of guanidine groups is 1. The summed E-state index contributed by atoms with van der Waals surface area (Å²) in [6.45, 7) is 4.52. The maximum atomic E-state index is 11.0. The van der Waals surface area contributed by atoms with Gasteiger partial charge < -0.3 is 15.4 Å². The second kappa shape index (κ2) is 12.0. The average Bonchev–Trinajstić information content (AvgIpc) is 3.04. The molecule has 1 aromatic rings. The summed E-state index contributed by atoms with van der Waals surface area (Å²) in [5.74, 6) is 0.747. The molecule has 2 N–H and O–H groups in total. The number of methoxy groups -OCH3 is 1. The van der Waals surface area contributed by atoms with Crippen LogP contribution in [0.1, 0.15) is 44.6 Å². The molecular formula is C16H27N3O2S. The molecule has 0 spiro atoms. The molecule has 1 rings (SSSR count). The summed E-state index contributed by atoms with van der Waals surface area (Å²) in [4.78, 5) is 15.5. The number of nitrogens with one attached hydrogen (secondary N) is 2. The SMILES string of the molecule is CCNC(=NCc1ccsc1)NCCCCCCC(=O)OC. The van der Waals surface area contributed by atoms with E-state index in [0.29, 0.717) is 13.0 Å². The Kier molecular flexibility index (Phi) is 10.1. The molecule has 1 aromatic heterocycles. The van der Waals surface area contributed by atoms with E-state index in [0.717, 1.165) is 44.7 Å². The lowest BCUT2D eigenvalue weighted by Gasteiger charge is -2.11. The number of unbranched alkanes of at least 4 members (excludes halogenated alkanes) is 3. The van der Waals surface area contributed by atoms with E-state index < -0.39 is 0 Å². The van der Waals surface area contributed by atoms with Gasteiger partial charge in [-0.3, -0.25) is 4.79 Å². The second-order valence-electron chi connectivity index (χ2n) is 4.99. The number of esters is 1. The van der Waals surface area contributed by atoms with Crippen LogP contribution in [0, 0.1) is 0 Å². The van der Waals surface area contributed by atoms with E-state index in [1.54, 1.807) is 11.3 Å². The monoisotopic (exact) mass is 325 g/mol. The minimum atomic E-state index is -0.117. The van der Waals surface area contributed by atoms with Crippen LogP contribution in [-0.2, 0) is 16.1 Å². The predicted molar refractivity (Wildman–Crippen MR) is 92.2 cm³/mol. The molecule has 5 nitrogen and oxygen atoms in total. The highest BCUT2D eigenvalue weighted by Crippen LogP contribution is 2.07. The van der Waals surface area contributed by atoms with Crippen LogP contribution in [0.3, 0.4) is 0 Å². The van der Waals surface area contributed by atoms with E-state index in [1.807, 2.05) is 0 Å². The standard InChI is InChI=1S/C16H27N3O2S/c1-3-17-16(19-12-14-9-11-22-13-14)18-10-7-5-4-6-8-15(20)21-2/h9,11,13H,3-8,10,12H2,1-2H3,(H2,17,18,19). The van der Waals surface area contributed by atoms with Gasteiger partial charge in [0.25, 0.3) is 0 Å². The van der Waals surface area contributed by atoms with Gasteiger partial charge in [0.15, 0.2) is 5.96 Å². The molecular weight excluding hydrogens is 298 g/mol. The van der Waals surface area contributed by atoms with Gasteiger partial charge in [-0.15, -0.1) is 0 Å². The van der Waals surface area contributed by atoms with E-state index in [4.69, 9.17) is 0 Å². The lowest BCUT2D eigenvalue weighted by atomic mass is 10.1.